The lowest BCUT2D eigenvalue weighted by Gasteiger charge is -2.13. The summed E-state index contributed by atoms with van der Waals surface area (Å²) >= 11 is 1.35. The molecular formula is C26H24N4O2S. The number of nitrogens with one attached hydrogen (secondary N) is 3. The van der Waals surface area contributed by atoms with Gasteiger partial charge in [0.15, 0.2) is 5.13 Å². The van der Waals surface area contributed by atoms with E-state index in [0.29, 0.717) is 10.7 Å². The molecule has 4 aromatic rings. The molecule has 0 aliphatic heterocycles. The number of para-hydroxylation sites is 1. The van der Waals surface area contributed by atoms with E-state index in [0.717, 1.165) is 39.9 Å². The van der Waals surface area contributed by atoms with E-state index in [1.807, 2.05) is 56.3 Å². The third kappa shape index (κ3) is 4.32. The summed E-state index contributed by atoms with van der Waals surface area (Å²) < 4.78 is 0.839. The number of rotatable bonds is 4. The van der Waals surface area contributed by atoms with E-state index < -0.39 is 0 Å². The lowest BCUT2D eigenvalue weighted by atomic mass is 10.1. The van der Waals surface area contributed by atoms with Crippen molar-refractivity contribution >= 4 is 44.3 Å². The van der Waals surface area contributed by atoms with Crippen molar-refractivity contribution < 1.29 is 9.59 Å². The van der Waals surface area contributed by atoms with E-state index in [1.54, 1.807) is 6.07 Å². The highest BCUT2D eigenvalue weighted by molar-refractivity contribution is 7.22. The number of hydrogen-bond acceptors (Lipinski definition) is 4. The number of aromatic nitrogens is 1. The molecule has 0 radical (unpaired) electrons. The van der Waals surface area contributed by atoms with Crippen molar-refractivity contribution in [3.8, 4) is 0 Å². The first-order chi connectivity index (χ1) is 16.0. The third-order valence-electron chi connectivity index (χ3n) is 6.03. The lowest BCUT2D eigenvalue weighted by Crippen LogP contribution is -2.31. The van der Waals surface area contributed by atoms with Gasteiger partial charge in [-0.25, -0.2) is 9.78 Å². The predicted octanol–water partition coefficient (Wildman–Crippen LogP) is 5.97. The molecule has 1 heterocycles. The number of hydrogen-bond donors (Lipinski definition) is 3. The quantitative estimate of drug-likeness (QED) is 0.353. The molecule has 0 saturated heterocycles. The van der Waals surface area contributed by atoms with Crippen molar-refractivity contribution in [3.05, 3.63) is 88.5 Å². The molecule has 1 atom stereocenters. The number of thiazole rings is 1. The van der Waals surface area contributed by atoms with Crippen molar-refractivity contribution in [1.29, 1.82) is 0 Å². The van der Waals surface area contributed by atoms with Gasteiger partial charge in [-0.3, -0.25) is 10.1 Å². The monoisotopic (exact) mass is 456 g/mol. The van der Waals surface area contributed by atoms with Gasteiger partial charge in [0.25, 0.3) is 5.91 Å². The van der Waals surface area contributed by atoms with Gasteiger partial charge in [-0.05, 0) is 67.1 Å². The maximum absolute atomic E-state index is 12.8. The van der Waals surface area contributed by atoms with E-state index in [1.165, 1.54) is 22.5 Å². The van der Waals surface area contributed by atoms with Crippen LogP contribution in [0.2, 0.25) is 0 Å². The number of amides is 3. The first kappa shape index (κ1) is 21.2. The maximum atomic E-state index is 12.8. The van der Waals surface area contributed by atoms with Crippen LogP contribution in [-0.4, -0.2) is 16.9 Å². The Kier molecular flexibility index (Phi) is 5.56. The van der Waals surface area contributed by atoms with E-state index >= 15 is 0 Å². The van der Waals surface area contributed by atoms with Crippen LogP contribution in [0.15, 0.2) is 60.7 Å². The van der Waals surface area contributed by atoms with Crippen LogP contribution >= 0.6 is 11.3 Å². The molecule has 0 saturated carbocycles. The summed E-state index contributed by atoms with van der Waals surface area (Å²) in [7, 11) is 0. The zero-order chi connectivity index (χ0) is 22.9. The predicted molar refractivity (Wildman–Crippen MR) is 133 cm³/mol. The molecule has 1 aliphatic carbocycles. The molecule has 6 nitrogen and oxygen atoms in total. The second-order valence-electron chi connectivity index (χ2n) is 8.31. The summed E-state index contributed by atoms with van der Waals surface area (Å²) in [6, 6.07) is 19.2. The zero-order valence-electron chi connectivity index (χ0n) is 18.4. The minimum Gasteiger partial charge on any atom is -0.331 e. The molecule has 1 unspecified atom stereocenters. The van der Waals surface area contributed by atoms with Gasteiger partial charge in [0.1, 0.15) is 0 Å². The van der Waals surface area contributed by atoms with Crippen molar-refractivity contribution in [1.82, 2.24) is 10.3 Å². The summed E-state index contributed by atoms with van der Waals surface area (Å²) in [6.07, 6.45) is 1.86. The first-order valence-corrected chi connectivity index (χ1v) is 11.7. The topological polar surface area (TPSA) is 83.1 Å². The number of anilines is 2. The summed E-state index contributed by atoms with van der Waals surface area (Å²) in [5.41, 5.74) is 6.62. The molecule has 0 fully saturated rings. The van der Waals surface area contributed by atoms with Crippen LogP contribution in [0.4, 0.5) is 15.6 Å². The van der Waals surface area contributed by atoms with Gasteiger partial charge in [-0.2, -0.15) is 0 Å². The average Bonchev–Trinajstić information content (AvgIpc) is 3.39. The Morgan fingerprint density at radius 3 is 2.58 bits per heavy atom. The van der Waals surface area contributed by atoms with E-state index in [2.05, 4.69) is 33.1 Å². The highest BCUT2D eigenvalue weighted by Gasteiger charge is 2.23. The highest BCUT2D eigenvalue weighted by atomic mass is 32.1. The SMILES string of the molecule is Cc1cccc(C)c1NC(=O)c1ccc2nc(NC(=O)NC3CCc4ccccc43)sc2c1. The minimum absolute atomic E-state index is 0.00998. The van der Waals surface area contributed by atoms with Gasteiger partial charge in [0.05, 0.1) is 16.3 Å². The average molecular weight is 457 g/mol. The van der Waals surface area contributed by atoms with Gasteiger partial charge in [0, 0.05) is 11.3 Å². The Labute approximate surface area is 196 Å². The van der Waals surface area contributed by atoms with Crippen LogP contribution < -0.4 is 16.0 Å². The minimum atomic E-state index is -0.274. The van der Waals surface area contributed by atoms with Crippen molar-refractivity contribution in [2.45, 2.75) is 32.7 Å². The Morgan fingerprint density at radius 2 is 1.76 bits per heavy atom. The molecule has 1 aromatic heterocycles. The molecule has 3 aromatic carbocycles. The zero-order valence-corrected chi connectivity index (χ0v) is 19.3. The van der Waals surface area contributed by atoms with Gasteiger partial charge in [-0.15, -0.1) is 0 Å². The summed E-state index contributed by atoms with van der Waals surface area (Å²) in [5, 5.41) is 9.41. The molecule has 5 rings (SSSR count). The van der Waals surface area contributed by atoms with Gasteiger partial charge in [0.2, 0.25) is 0 Å². The Hall–Kier alpha value is -3.71. The molecule has 0 bridgehead atoms. The van der Waals surface area contributed by atoms with Gasteiger partial charge >= 0.3 is 6.03 Å². The number of benzene rings is 3. The van der Waals surface area contributed by atoms with E-state index in [4.69, 9.17) is 0 Å². The smallest absolute Gasteiger partial charge is 0.321 e. The van der Waals surface area contributed by atoms with Crippen molar-refractivity contribution in [2.24, 2.45) is 0 Å². The van der Waals surface area contributed by atoms with Crippen molar-refractivity contribution in [2.75, 3.05) is 10.6 Å². The Morgan fingerprint density at radius 1 is 0.970 bits per heavy atom. The number of aryl methyl sites for hydroxylation is 3. The third-order valence-corrected chi connectivity index (χ3v) is 6.96. The molecule has 33 heavy (non-hydrogen) atoms. The number of fused-ring (bicyclic) bond motifs is 2. The van der Waals surface area contributed by atoms with Crippen LogP contribution in [0.1, 0.15) is 45.1 Å². The van der Waals surface area contributed by atoms with Gasteiger partial charge < -0.3 is 10.6 Å². The fraction of sp³-hybridized carbons (Fsp3) is 0.192. The number of urea groups is 1. The first-order valence-electron chi connectivity index (χ1n) is 10.9. The van der Waals surface area contributed by atoms with Crippen LogP contribution in [0.3, 0.4) is 0 Å². The molecule has 0 spiro atoms. The van der Waals surface area contributed by atoms with Crippen LogP contribution in [0, 0.1) is 13.8 Å². The largest absolute Gasteiger partial charge is 0.331 e. The maximum Gasteiger partial charge on any atom is 0.321 e. The molecular weight excluding hydrogens is 432 g/mol. The highest BCUT2D eigenvalue weighted by Crippen LogP contribution is 2.31. The number of nitrogens with zero attached hydrogens (tertiary/aromatic N) is 1. The normalized spacial score (nSPS) is 14.7. The van der Waals surface area contributed by atoms with E-state index in [-0.39, 0.29) is 18.0 Å². The van der Waals surface area contributed by atoms with E-state index in [9.17, 15) is 9.59 Å². The summed E-state index contributed by atoms with van der Waals surface area (Å²) in [5.74, 6) is -0.171. The standard InChI is InChI=1S/C26H24N4O2S/c1-15-6-5-7-16(2)23(15)29-24(31)18-11-13-21-22(14-18)33-26(28-21)30-25(32)27-20-12-10-17-8-3-4-9-19(17)20/h3-9,11,13-14,20H,10,12H2,1-2H3,(H,29,31)(H2,27,28,30,32). The summed E-state index contributed by atoms with van der Waals surface area (Å²) in [4.78, 5) is 29.9. The second-order valence-corrected chi connectivity index (χ2v) is 9.34. The number of carbonyl (C=O) groups excluding carboxylic acids is 2. The van der Waals surface area contributed by atoms with Crippen LogP contribution in [0.25, 0.3) is 10.2 Å². The van der Waals surface area contributed by atoms with Crippen LogP contribution in [-0.2, 0) is 6.42 Å². The Balaban J connectivity index is 1.28. The summed E-state index contributed by atoms with van der Waals surface area (Å²) in [6.45, 7) is 3.95. The van der Waals surface area contributed by atoms with Crippen molar-refractivity contribution in [3.63, 3.8) is 0 Å². The molecule has 3 N–H and O–H groups in total. The lowest BCUT2D eigenvalue weighted by molar-refractivity contribution is 0.102. The fourth-order valence-electron chi connectivity index (χ4n) is 4.32. The molecule has 1 aliphatic rings. The Bertz CT molecular complexity index is 1360. The molecule has 166 valence electrons. The van der Waals surface area contributed by atoms with Crippen LogP contribution in [0.5, 0.6) is 0 Å². The molecule has 7 heteroatoms. The number of carbonyl (C=O) groups is 2. The fourth-order valence-corrected chi connectivity index (χ4v) is 5.22. The van der Waals surface area contributed by atoms with Gasteiger partial charge in [-0.1, -0.05) is 53.8 Å². The molecule has 3 amide bonds. The second kappa shape index (κ2) is 8.67.